The van der Waals surface area contributed by atoms with Gasteiger partial charge in [-0.05, 0) is 92.8 Å². The molecule has 200 valence electrons. The van der Waals surface area contributed by atoms with E-state index in [2.05, 4.69) is 20.8 Å². The van der Waals surface area contributed by atoms with E-state index in [1.165, 1.54) is 109 Å². The molecule has 4 rings (SSSR count). The Kier molecular flexibility index (Phi) is 13.6. The maximum Gasteiger partial charge on any atom is 0.305 e. The highest BCUT2D eigenvalue weighted by atomic mass is 16.5. The summed E-state index contributed by atoms with van der Waals surface area (Å²) in [6, 6.07) is 0. The van der Waals surface area contributed by atoms with Crippen molar-refractivity contribution in [3.8, 4) is 0 Å². The zero-order valence-electron chi connectivity index (χ0n) is 23.9. The predicted octanol–water partition coefficient (Wildman–Crippen LogP) is 10.3. The first kappa shape index (κ1) is 29.7. The molecular formula is C32H60O2. The third-order valence-electron chi connectivity index (χ3n) is 9.53. The summed E-state index contributed by atoms with van der Waals surface area (Å²) in [5.74, 6) is 2.76. The summed E-state index contributed by atoms with van der Waals surface area (Å²) in [4.78, 5) is 12.7. The molecule has 34 heavy (non-hydrogen) atoms. The van der Waals surface area contributed by atoms with Crippen LogP contribution in [0, 0.1) is 28.6 Å². The van der Waals surface area contributed by atoms with Crippen LogP contribution in [-0.4, -0.2) is 12.6 Å². The van der Waals surface area contributed by atoms with E-state index in [9.17, 15) is 4.79 Å². The summed E-state index contributed by atoms with van der Waals surface area (Å²) in [6.45, 7) is 11.6. The number of unbranched alkanes of at least 4 members (excludes halogenated alkanes) is 4. The minimum atomic E-state index is 0.0866. The average Bonchev–Trinajstić information content (AvgIpc) is 3.01. The Labute approximate surface area is 213 Å². The Balaban J connectivity index is 0.00000199. The van der Waals surface area contributed by atoms with Crippen LogP contribution in [0.15, 0.2) is 0 Å². The van der Waals surface area contributed by atoms with Crippen LogP contribution in [-0.2, 0) is 9.53 Å². The first-order valence-electron chi connectivity index (χ1n) is 15.7. The number of carbonyl (C=O) groups is 1. The Morgan fingerprint density at radius 1 is 0.824 bits per heavy atom. The molecule has 4 saturated carbocycles. The van der Waals surface area contributed by atoms with Crippen molar-refractivity contribution in [2.75, 3.05) is 6.61 Å². The van der Waals surface area contributed by atoms with Crippen LogP contribution >= 0.6 is 0 Å². The van der Waals surface area contributed by atoms with Gasteiger partial charge in [0.1, 0.15) is 0 Å². The summed E-state index contributed by atoms with van der Waals surface area (Å²) in [6.07, 6.45) is 26.2. The summed E-state index contributed by atoms with van der Waals surface area (Å²) >= 11 is 0. The number of ether oxygens (including phenoxy) is 1. The number of carbonyl (C=O) groups excluding carboxylic acids is 1. The molecule has 0 radical (unpaired) electrons. The maximum atomic E-state index is 12.7. The fourth-order valence-electron chi connectivity index (χ4n) is 8.36. The van der Waals surface area contributed by atoms with Crippen molar-refractivity contribution >= 4 is 5.97 Å². The Morgan fingerprint density at radius 3 is 2.12 bits per heavy atom. The van der Waals surface area contributed by atoms with E-state index in [1.54, 1.807) is 0 Å². The van der Waals surface area contributed by atoms with Gasteiger partial charge >= 0.3 is 5.97 Å². The Morgan fingerprint density at radius 2 is 1.47 bits per heavy atom. The van der Waals surface area contributed by atoms with Gasteiger partial charge < -0.3 is 4.74 Å². The molecule has 4 bridgehead atoms. The molecule has 4 aliphatic rings. The van der Waals surface area contributed by atoms with Crippen LogP contribution in [0.2, 0.25) is 0 Å². The van der Waals surface area contributed by atoms with E-state index in [1.807, 2.05) is 13.8 Å². The molecule has 0 N–H and O–H groups in total. The van der Waals surface area contributed by atoms with Crippen LogP contribution < -0.4 is 0 Å². The van der Waals surface area contributed by atoms with Crippen molar-refractivity contribution in [1.82, 2.24) is 0 Å². The van der Waals surface area contributed by atoms with Crippen molar-refractivity contribution < 1.29 is 9.53 Å². The van der Waals surface area contributed by atoms with Gasteiger partial charge in [0.2, 0.25) is 0 Å². The lowest BCUT2D eigenvalue weighted by molar-refractivity contribution is -0.145. The van der Waals surface area contributed by atoms with Gasteiger partial charge in [-0.25, -0.2) is 0 Å². The van der Waals surface area contributed by atoms with Crippen molar-refractivity contribution in [3.63, 3.8) is 0 Å². The Bertz CT molecular complexity index is 547. The highest BCUT2D eigenvalue weighted by Crippen LogP contribution is 2.65. The van der Waals surface area contributed by atoms with Crippen LogP contribution in [0.1, 0.15) is 163 Å². The molecule has 0 aromatic carbocycles. The lowest BCUT2D eigenvalue weighted by Crippen LogP contribution is -2.42. The quantitative estimate of drug-likeness (QED) is 0.163. The largest absolute Gasteiger partial charge is 0.466 e. The molecule has 4 aliphatic carbocycles. The summed E-state index contributed by atoms with van der Waals surface area (Å²) in [5, 5.41) is 0. The third kappa shape index (κ3) is 9.16. The van der Waals surface area contributed by atoms with E-state index in [0.29, 0.717) is 23.9 Å². The fraction of sp³-hybridized carbons (Fsp3) is 0.969. The number of rotatable bonds is 16. The molecular weight excluding hydrogens is 416 g/mol. The van der Waals surface area contributed by atoms with E-state index < -0.39 is 0 Å². The predicted molar refractivity (Wildman–Crippen MR) is 147 cm³/mol. The summed E-state index contributed by atoms with van der Waals surface area (Å²) < 4.78 is 5.81. The second kappa shape index (κ2) is 15.6. The zero-order valence-corrected chi connectivity index (χ0v) is 23.9. The van der Waals surface area contributed by atoms with Crippen molar-refractivity contribution in [2.24, 2.45) is 28.6 Å². The second-order valence-corrected chi connectivity index (χ2v) is 12.4. The molecule has 0 aromatic rings. The summed E-state index contributed by atoms with van der Waals surface area (Å²) in [7, 11) is 0. The van der Waals surface area contributed by atoms with Crippen LogP contribution in [0.25, 0.3) is 0 Å². The third-order valence-corrected chi connectivity index (χ3v) is 9.53. The van der Waals surface area contributed by atoms with E-state index in [-0.39, 0.29) is 5.97 Å². The van der Waals surface area contributed by atoms with Gasteiger partial charge in [-0.2, -0.15) is 0 Å². The minimum Gasteiger partial charge on any atom is -0.466 e. The number of fused-ring (bicyclic) bond motifs is 1. The molecule has 0 aromatic heterocycles. The molecule has 4 atom stereocenters. The van der Waals surface area contributed by atoms with Gasteiger partial charge in [0.05, 0.1) is 6.61 Å². The van der Waals surface area contributed by atoms with Crippen LogP contribution in [0.5, 0.6) is 0 Å². The molecule has 0 aliphatic heterocycles. The average molecular weight is 477 g/mol. The van der Waals surface area contributed by atoms with Gasteiger partial charge in [0, 0.05) is 6.42 Å². The second-order valence-electron chi connectivity index (χ2n) is 12.4. The standard InChI is InChI=1S/C30H54O2.C2H6/c1-4-7-9-11-25(12-10-8-5-2)15-19-32-28(31)14-18-29-17-13-26-20-27(22-29)23-30(21-26,24-29)16-6-3;1-2/h25-27H,4-24H2,1-3H3;1-2H3. The van der Waals surface area contributed by atoms with Gasteiger partial charge in [-0.15, -0.1) is 0 Å². The SMILES string of the molecule is CC.CCCCCC(CCCCC)CCOC(=O)CCC12CCC3CC(C1)CC(CCC)(C3)C2. The first-order chi connectivity index (χ1) is 16.5. The van der Waals surface area contributed by atoms with Gasteiger partial charge in [0.25, 0.3) is 0 Å². The van der Waals surface area contributed by atoms with Crippen molar-refractivity contribution in [1.29, 1.82) is 0 Å². The molecule has 0 spiro atoms. The summed E-state index contributed by atoms with van der Waals surface area (Å²) in [5.41, 5.74) is 1.07. The molecule has 2 heteroatoms. The zero-order chi connectivity index (χ0) is 24.9. The molecule has 0 saturated heterocycles. The smallest absolute Gasteiger partial charge is 0.305 e. The molecule has 2 nitrogen and oxygen atoms in total. The van der Waals surface area contributed by atoms with Crippen LogP contribution in [0.3, 0.4) is 0 Å². The lowest BCUT2D eigenvalue weighted by Gasteiger charge is -2.53. The maximum absolute atomic E-state index is 12.7. The van der Waals surface area contributed by atoms with Gasteiger partial charge in [0.15, 0.2) is 0 Å². The fourth-order valence-corrected chi connectivity index (χ4v) is 8.36. The van der Waals surface area contributed by atoms with Crippen molar-refractivity contribution in [3.05, 3.63) is 0 Å². The van der Waals surface area contributed by atoms with Gasteiger partial charge in [-0.1, -0.05) is 92.4 Å². The number of hydrogen-bond acceptors (Lipinski definition) is 2. The molecule has 0 amide bonds. The number of hydrogen-bond donors (Lipinski definition) is 0. The highest BCUT2D eigenvalue weighted by Gasteiger charge is 2.53. The minimum absolute atomic E-state index is 0.0866. The molecule has 0 heterocycles. The topological polar surface area (TPSA) is 26.3 Å². The van der Waals surface area contributed by atoms with E-state index in [4.69, 9.17) is 4.74 Å². The lowest BCUT2D eigenvalue weighted by atomic mass is 9.52. The highest BCUT2D eigenvalue weighted by molar-refractivity contribution is 5.69. The van der Waals surface area contributed by atoms with Crippen LogP contribution in [0.4, 0.5) is 0 Å². The van der Waals surface area contributed by atoms with Gasteiger partial charge in [-0.3, -0.25) is 4.79 Å². The van der Waals surface area contributed by atoms with E-state index in [0.717, 1.165) is 30.6 Å². The molecule has 4 fully saturated rings. The normalized spacial score (nSPS) is 29.6. The molecule has 4 unspecified atom stereocenters. The van der Waals surface area contributed by atoms with E-state index >= 15 is 0 Å². The first-order valence-corrected chi connectivity index (χ1v) is 15.7. The number of esters is 1. The Hall–Kier alpha value is -0.530. The monoisotopic (exact) mass is 476 g/mol. The van der Waals surface area contributed by atoms with Crippen molar-refractivity contribution in [2.45, 2.75) is 163 Å².